The molecule has 0 aromatic heterocycles. The maximum absolute atomic E-state index is 13.5. The van der Waals surface area contributed by atoms with Crippen molar-refractivity contribution in [1.29, 1.82) is 0 Å². The van der Waals surface area contributed by atoms with Crippen molar-refractivity contribution in [3.63, 3.8) is 0 Å². The van der Waals surface area contributed by atoms with Crippen LogP contribution in [0, 0.1) is 11.7 Å². The number of anilines is 1. The zero-order valence-corrected chi connectivity index (χ0v) is 12.4. The molecule has 116 valence electrons. The fourth-order valence-electron chi connectivity index (χ4n) is 2.70. The Hall–Kier alpha value is -1.66. The molecule has 0 radical (unpaired) electrons. The summed E-state index contributed by atoms with van der Waals surface area (Å²) in [7, 11) is 2.13. The van der Waals surface area contributed by atoms with Gasteiger partial charge in [-0.15, -0.1) is 0 Å². The first-order valence-electron chi connectivity index (χ1n) is 7.33. The highest BCUT2D eigenvalue weighted by Gasteiger charge is 2.18. The molecule has 0 saturated carbocycles. The lowest BCUT2D eigenvalue weighted by molar-refractivity contribution is 0.0949. The molecule has 4 N–H and O–H groups in total. The van der Waals surface area contributed by atoms with E-state index in [9.17, 15) is 9.18 Å². The number of hydrogen-bond donors (Lipinski definition) is 3. The van der Waals surface area contributed by atoms with Gasteiger partial charge in [-0.1, -0.05) is 6.07 Å². The first-order chi connectivity index (χ1) is 10.1. The first-order valence-corrected chi connectivity index (χ1v) is 7.33. The summed E-state index contributed by atoms with van der Waals surface area (Å²) in [5.41, 5.74) is 2.52. The number of nitrogens with zero attached hydrogens (tertiary/aromatic N) is 1. The van der Waals surface area contributed by atoms with E-state index in [4.69, 9.17) is 5.84 Å². The zero-order valence-electron chi connectivity index (χ0n) is 12.4. The lowest BCUT2D eigenvalue weighted by Crippen LogP contribution is -2.33. The van der Waals surface area contributed by atoms with E-state index in [1.165, 1.54) is 25.0 Å². The fraction of sp³-hybridized carbons (Fsp3) is 0.533. The summed E-state index contributed by atoms with van der Waals surface area (Å²) in [5, 5.41) is 2.84. The van der Waals surface area contributed by atoms with E-state index in [1.807, 2.05) is 0 Å². The molecular formula is C15H23FN4O. The standard InChI is InChI=1S/C15H23FN4O/c1-20-9-6-11(7-10-20)5-8-18-15(21)12-3-2-4-13(16)14(12)19-17/h2-4,11,19H,5-10,17H2,1H3,(H,18,21). The van der Waals surface area contributed by atoms with Crippen LogP contribution >= 0.6 is 0 Å². The first kappa shape index (κ1) is 15.7. The Balaban J connectivity index is 1.84. The largest absolute Gasteiger partial charge is 0.352 e. The quantitative estimate of drug-likeness (QED) is 0.569. The van der Waals surface area contributed by atoms with Gasteiger partial charge in [0.1, 0.15) is 5.82 Å². The van der Waals surface area contributed by atoms with Gasteiger partial charge in [-0.2, -0.15) is 0 Å². The molecule has 1 aliphatic rings. The van der Waals surface area contributed by atoms with Crippen molar-refractivity contribution in [3.05, 3.63) is 29.6 Å². The van der Waals surface area contributed by atoms with E-state index in [1.54, 1.807) is 6.07 Å². The molecule has 21 heavy (non-hydrogen) atoms. The molecule has 6 heteroatoms. The second-order valence-electron chi connectivity index (χ2n) is 5.60. The molecule has 0 spiro atoms. The molecule has 1 fully saturated rings. The zero-order chi connectivity index (χ0) is 15.2. The van der Waals surface area contributed by atoms with Gasteiger partial charge in [-0.3, -0.25) is 10.6 Å². The number of carbonyl (C=O) groups is 1. The Bertz CT molecular complexity index is 487. The average Bonchev–Trinajstić information content (AvgIpc) is 2.49. The molecule has 2 rings (SSSR count). The van der Waals surface area contributed by atoms with Gasteiger partial charge in [0.25, 0.3) is 5.91 Å². The molecular weight excluding hydrogens is 271 g/mol. The Morgan fingerprint density at radius 2 is 2.14 bits per heavy atom. The summed E-state index contributed by atoms with van der Waals surface area (Å²) in [6.07, 6.45) is 3.30. The van der Waals surface area contributed by atoms with Crippen LogP contribution in [-0.2, 0) is 0 Å². The number of rotatable bonds is 5. The summed E-state index contributed by atoms with van der Waals surface area (Å²) >= 11 is 0. The molecule has 0 aliphatic carbocycles. The van der Waals surface area contributed by atoms with Gasteiger partial charge in [0.2, 0.25) is 0 Å². The third kappa shape index (κ3) is 4.15. The lowest BCUT2D eigenvalue weighted by Gasteiger charge is -2.28. The number of hydrazine groups is 1. The van der Waals surface area contributed by atoms with Crippen molar-refractivity contribution >= 4 is 11.6 Å². The van der Waals surface area contributed by atoms with Crippen molar-refractivity contribution in [3.8, 4) is 0 Å². The maximum Gasteiger partial charge on any atom is 0.253 e. The second-order valence-corrected chi connectivity index (χ2v) is 5.60. The van der Waals surface area contributed by atoms with Gasteiger partial charge in [0, 0.05) is 6.54 Å². The Kier molecular flexibility index (Phi) is 5.52. The number of para-hydroxylation sites is 1. The number of benzene rings is 1. The van der Waals surface area contributed by atoms with E-state index in [0.717, 1.165) is 19.5 Å². The van der Waals surface area contributed by atoms with Crippen molar-refractivity contribution in [2.24, 2.45) is 11.8 Å². The number of likely N-dealkylation sites (tertiary alicyclic amines) is 1. The molecule has 1 amide bonds. The number of nitrogen functional groups attached to an aromatic ring is 1. The van der Waals surface area contributed by atoms with Gasteiger partial charge in [0.15, 0.2) is 0 Å². The topological polar surface area (TPSA) is 70.4 Å². The Morgan fingerprint density at radius 1 is 1.43 bits per heavy atom. The normalized spacial score (nSPS) is 16.7. The van der Waals surface area contributed by atoms with Crippen molar-refractivity contribution in [2.75, 3.05) is 32.1 Å². The number of amides is 1. The van der Waals surface area contributed by atoms with E-state index >= 15 is 0 Å². The SMILES string of the molecule is CN1CCC(CCNC(=O)c2cccc(F)c2NN)CC1. The molecule has 1 saturated heterocycles. The summed E-state index contributed by atoms with van der Waals surface area (Å²) in [4.78, 5) is 14.4. The van der Waals surface area contributed by atoms with E-state index in [2.05, 4.69) is 22.7 Å². The number of nitrogens with one attached hydrogen (secondary N) is 2. The third-order valence-electron chi connectivity index (χ3n) is 4.08. The smallest absolute Gasteiger partial charge is 0.253 e. The molecule has 0 bridgehead atoms. The average molecular weight is 294 g/mol. The molecule has 0 atom stereocenters. The number of piperidine rings is 1. The minimum absolute atomic E-state index is 0.0364. The molecule has 1 heterocycles. The van der Waals surface area contributed by atoms with E-state index in [-0.39, 0.29) is 17.2 Å². The van der Waals surface area contributed by atoms with Gasteiger partial charge in [-0.05, 0) is 57.5 Å². The minimum Gasteiger partial charge on any atom is -0.352 e. The Morgan fingerprint density at radius 3 is 2.81 bits per heavy atom. The number of nitrogens with two attached hydrogens (primary N) is 1. The predicted octanol–water partition coefficient (Wildman–Crippen LogP) is 1.57. The van der Waals surface area contributed by atoms with Crippen LogP contribution in [-0.4, -0.2) is 37.5 Å². The molecule has 0 unspecified atom stereocenters. The summed E-state index contributed by atoms with van der Waals surface area (Å²) in [6.45, 7) is 2.83. The highest BCUT2D eigenvalue weighted by Crippen LogP contribution is 2.20. The predicted molar refractivity (Wildman–Crippen MR) is 81.4 cm³/mol. The van der Waals surface area contributed by atoms with Gasteiger partial charge in [0.05, 0.1) is 11.3 Å². The van der Waals surface area contributed by atoms with Gasteiger partial charge >= 0.3 is 0 Å². The van der Waals surface area contributed by atoms with Crippen LogP contribution in [0.5, 0.6) is 0 Å². The number of carbonyl (C=O) groups excluding carboxylic acids is 1. The van der Waals surface area contributed by atoms with Crippen LogP contribution in [0.25, 0.3) is 0 Å². The highest BCUT2D eigenvalue weighted by molar-refractivity contribution is 5.99. The van der Waals surface area contributed by atoms with Crippen LogP contribution in [0.2, 0.25) is 0 Å². The maximum atomic E-state index is 13.5. The van der Waals surface area contributed by atoms with E-state index < -0.39 is 5.82 Å². The van der Waals surface area contributed by atoms with Crippen LogP contribution in [0.3, 0.4) is 0 Å². The van der Waals surface area contributed by atoms with Crippen LogP contribution in [0.1, 0.15) is 29.6 Å². The highest BCUT2D eigenvalue weighted by atomic mass is 19.1. The molecule has 5 nitrogen and oxygen atoms in total. The Labute approximate surface area is 124 Å². The number of hydrogen-bond acceptors (Lipinski definition) is 4. The summed E-state index contributed by atoms with van der Waals surface area (Å²) < 4.78 is 13.5. The summed E-state index contributed by atoms with van der Waals surface area (Å²) in [5.74, 6) is 5.10. The minimum atomic E-state index is -0.527. The number of halogens is 1. The second kappa shape index (κ2) is 7.38. The van der Waals surface area contributed by atoms with E-state index in [0.29, 0.717) is 12.5 Å². The summed E-state index contributed by atoms with van der Waals surface area (Å²) in [6, 6.07) is 4.33. The van der Waals surface area contributed by atoms with Crippen molar-refractivity contribution < 1.29 is 9.18 Å². The van der Waals surface area contributed by atoms with Gasteiger partial charge < -0.3 is 15.6 Å². The van der Waals surface area contributed by atoms with Crippen molar-refractivity contribution in [1.82, 2.24) is 10.2 Å². The third-order valence-corrected chi connectivity index (χ3v) is 4.08. The molecule has 1 aliphatic heterocycles. The van der Waals surface area contributed by atoms with Crippen LogP contribution in [0.4, 0.5) is 10.1 Å². The van der Waals surface area contributed by atoms with Crippen molar-refractivity contribution in [2.45, 2.75) is 19.3 Å². The molecule has 1 aromatic carbocycles. The monoisotopic (exact) mass is 294 g/mol. The fourth-order valence-corrected chi connectivity index (χ4v) is 2.70. The lowest BCUT2D eigenvalue weighted by atomic mass is 9.94. The molecule has 1 aromatic rings. The van der Waals surface area contributed by atoms with Crippen LogP contribution < -0.4 is 16.6 Å². The van der Waals surface area contributed by atoms with Crippen LogP contribution in [0.15, 0.2) is 18.2 Å². The van der Waals surface area contributed by atoms with Gasteiger partial charge in [-0.25, -0.2) is 4.39 Å².